The summed E-state index contributed by atoms with van der Waals surface area (Å²) in [7, 11) is 4.20. The maximum Gasteiger partial charge on any atom is 0.122 e. The lowest BCUT2D eigenvalue weighted by atomic mass is 10.1. The molecule has 0 spiro atoms. The Balaban J connectivity index is 2.28. The second kappa shape index (κ2) is 9.16. The summed E-state index contributed by atoms with van der Waals surface area (Å²) in [5.74, 6) is 1.04. The molecule has 0 radical (unpaired) electrons. The molecule has 0 fully saturated rings. The highest BCUT2D eigenvalue weighted by atomic mass is 16.3. The van der Waals surface area contributed by atoms with Gasteiger partial charge in [-0.3, -0.25) is 4.90 Å². The second-order valence-corrected chi connectivity index (χ2v) is 5.65. The maximum absolute atomic E-state index is 5.52. The van der Waals surface area contributed by atoms with Crippen LogP contribution in [-0.4, -0.2) is 31.6 Å². The predicted octanol–water partition coefficient (Wildman–Crippen LogP) is 3.83. The van der Waals surface area contributed by atoms with Crippen molar-refractivity contribution in [3.8, 4) is 0 Å². The summed E-state index contributed by atoms with van der Waals surface area (Å²) in [6, 6.07) is 4.90. The molecule has 2 unspecified atom stereocenters. The first-order valence-electron chi connectivity index (χ1n) is 7.58. The zero-order valence-electron chi connectivity index (χ0n) is 13.0. The van der Waals surface area contributed by atoms with Crippen LogP contribution in [0.5, 0.6) is 0 Å². The highest BCUT2D eigenvalue weighted by molar-refractivity contribution is 5.05. The predicted molar refractivity (Wildman–Crippen MR) is 81.4 cm³/mol. The minimum atomic E-state index is 0.313. The largest absolute Gasteiger partial charge is 0.468 e. The van der Waals surface area contributed by atoms with Crippen LogP contribution in [0.25, 0.3) is 0 Å². The molecule has 2 atom stereocenters. The standard InChI is InChI=1S/C16H30N2O/c1-5-6-7-8-10-14(2)17-13-15(18(3)4)16-11-9-12-19-16/h9,11-12,14-15,17H,5-8,10,13H2,1-4H3. The van der Waals surface area contributed by atoms with E-state index < -0.39 is 0 Å². The van der Waals surface area contributed by atoms with Crippen molar-refractivity contribution >= 4 is 0 Å². The number of hydrogen-bond acceptors (Lipinski definition) is 3. The molecule has 0 bridgehead atoms. The van der Waals surface area contributed by atoms with Crippen LogP contribution in [0.2, 0.25) is 0 Å². The van der Waals surface area contributed by atoms with Crippen molar-refractivity contribution in [2.24, 2.45) is 0 Å². The lowest BCUT2D eigenvalue weighted by Crippen LogP contribution is -2.35. The average Bonchev–Trinajstić information content (AvgIpc) is 2.88. The van der Waals surface area contributed by atoms with Crippen molar-refractivity contribution in [3.63, 3.8) is 0 Å². The van der Waals surface area contributed by atoms with Gasteiger partial charge in [0.15, 0.2) is 0 Å². The Morgan fingerprint density at radius 2 is 2.05 bits per heavy atom. The van der Waals surface area contributed by atoms with Crippen LogP contribution >= 0.6 is 0 Å². The van der Waals surface area contributed by atoms with Crippen molar-refractivity contribution in [2.45, 2.75) is 58.0 Å². The Morgan fingerprint density at radius 1 is 1.26 bits per heavy atom. The number of rotatable bonds is 10. The van der Waals surface area contributed by atoms with Crippen LogP contribution in [0.1, 0.15) is 57.8 Å². The highest BCUT2D eigenvalue weighted by Crippen LogP contribution is 2.18. The molecule has 0 aliphatic carbocycles. The van der Waals surface area contributed by atoms with Gasteiger partial charge in [-0.05, 0) is 39.6 Å². The Kier molecular flexibility index (Phi) is 7.84. The zero-order valence-corrected chi connectivity index (χ0v) is 13.0. The number of nitrogens with one attached hydrogen (secondary N) is 1. The molecule has 3 nitrogen and oxygen atoms in total. The second-order valence-electron chi connectivity index (χ2n) is 5.65. The fraction of sp³-hybridized carbons (Fsp3) is 0.750. The van der Waals surface area contributed by atoms with Gasteiger partial charge in [-0.1, -0.05) is 32.6 Å². The van der Waals surface area contributed by atoms with Crippen LogP contribution in [0, 0.1) is 0 Å². The summed E-state index contributed by atoms with van der Waals surface area (Å²) in [6.45, 7) is 5.48. The third-order valence-corrected chi connectivity index (χ3v) is 3.65. The molecule has 0 amide bonds. The van der Waals surface area contributed by atoms with Crippen molar-refractivity contribution in [3.05, 3.63) is 24.2 Å². The van der Waals surface area contributed by atoms with Gasteiger partial charge in [-0.25, -0.2) is 0 Å². The molecule has 0 saturated carbocycles. The molecular weight excluding hydrogens is 236 g/mol. The fourth-order valence-electron chi connectivity index (χ4n) is 2.31. The molecule has 0 aromatic carbocycles. The van der Waals surface area contributed by atoms with Gasteiger partial charge in [0.05, 0.1) is 12.3 Å². The lowest BCUT2D eigenvalue weighted by Gasteiger charge is -2.24. The van der Waals surface area contributed by atoms with E-state index in [1.807, 2.05) is 6.07 Å². The Morgan fingerprint density at radius 3 is 2.63 bits per heavy atom. The third kappa shape index (κ3) is 6.26. The van der Waals surface area contributed by atoms with Gasteiger partial charge in [0.2, 0.25) is 0 Å². The summed E-state index contributed by atoms with van der Waals surface area (Å²) in [5.41, 5.74) is 0. The number of likely N-dealkylation sites (N-methyl/N-ethyl adjacent to an activating group) is 1. The van der Waals surface area contributed by atoms with Gasteiger partial charge in [0.1, 0.15) is 5.76 Å². The Hall–Kier alpha value is -0.800. The van der Waals surface area contributed by atoms with E-state index in [0.717, 1.165) is 12.3 Å². The molecule has 1 rings (SSSR count). The number of furan rings is 1. The van der Waals surface area contributed by atoms with Gasteiger partial charge < -0.3 is 9.73 Å². The zero-order chi connectivity index (χ0) is 14.1. The summed E-state index contributed by atoms with van der Waals surface area (Å²) in [5, 5.41) is 3.63. The Labute approximate surface area is 118 Å². The summed E-state index contributed by atoms with van der Waals surface area (Å²) in [4.78, 5) is 2.20. The van der Waals surface area contributed by atoms with Gasteiger partial charge in [0, 0.05) is 12.6 Å². The molecule has 1 aromatic heterocycles. The number of hydrogen-bond donors (Lipinski definition) is 1. The van der Waals surface area contributed by atoms with Crippen LogP contribution in [0.15, 0.2) is 22.8 Å². The van der Waals surface area contributed by atoms with Crippen molar-refractivity contribution in [1.82, 2.24) is 10.2 Å². The van der Waals surface area contributed by atoms with E-state index in [-0.39, 0.29) is 0 Å². The minimum absolute atomic E-state index is 0.313. The van der Waals surface area contributed by atoms with Gasteiger partial charge in [-0.15, -0.1) is 0 Å². The van der Waals surface area contributed by atoms with Gasteiger partial charge >= 0.3 is 0 Å². The smallest absolute Gasteiger partial charge is 0.122 e. The fourth-order valence-corrected chi connectivity index (χ4v) is 2.31. The first-order valence-corrected chi connectivity index (χ1v) is 7.58. The van der Waals surface area contributed by atoms with Crippen LogP contribution in [0.3, 0.4) is 0 Å². The van der Waals surface area contributed by atoms with Crippen molar-refractivity contribution in [1.29, 1.82) is 0 Å². The maximum atomic E-state index is 5.52. The quantitative estimate of drug-likeness (QED) is 0.652. The molecule has 110 valence electrons. The monoisotopic (exact) mass is 266 g/mol. The van der Waals surface area contributed by atoms with E-state index in [0.29, 0.717) is 12.1 Å². The molecule has 0 saturated heterocycles. The van der Waals surface area contributed by atoms with E-state index in [4.69, 9.17) is 4.42 Å². The summed E-state index contributed by atoms with van der Waals surface area (Å²) < 4.78 is 5.52. The average molecular weight is 266 g/mol. The van der Waals surface area contributed by atoms with Crippen LogP contribution in [-0.2, 0) is 0 Å². The number of unbranched alkanes of at least 4 members (excludes halogenated alkanes) is 3. The van der Waals surface area contributed by atoms with Gasteiger partial charge in [-0.2, -0.15) is 0 Å². The Bertz CT molecular complexity index is 309. The third-order valence-electron chi connectivity index (χ3n) is 3.65. The molecule has 1 aromatic rings. The molecular formula is C16H30N2O. The highest BCUT2D eigenvalue weighted by Gasteiger charge is 2.17. The first-order chi connectivity index (χ1) is 9.15. The molecule has 19 heavy (non-hydrogen) atoms. The van der Waals surface area contributed by atoms with E-state index in [2.05, 4.69) is 44.2 Å². The SMILES string of the molecule is CCCCCCC(C)NCC(c1ccco1)N(C)C. The van der Waals surface area contributed by atoms with Gasteiger partial charge in [0.25, 0.3) is 0 Å². The van der Waals surface area contributed by atoms with E-state index >= 15 is 0 Å². The minimum Gasteiger partial charge on any atom is -0.468 e. The van der Waals surface area contributed by atoms with Crippen molar-refractivity contribution in [2.75, 3.05) is 20.6 Å². The molecule has 3 heteroatoms. The van der Waals surface area contributed by atoms with E-state index in [9.17, 15) is 0 Å². The first kappa shape index (κ1) is 16.3. The van der Waals surface area contributed by atoms with Crippen LogP contribution < -0.4 is 5.32 Å². The van der Waals surface area contributed by atoms with E-state index in [1.54, 1.807) is 6.26 Å². The molecule has 1 N–H and O–H groups in total. The van der Waals surface area contributed by atoms with E-state index in [1.165, 1.54) is 32.1 Å². The molecule has 1 heterocycles. The van der Waals surface area contributed by atoms with Crippen molar-refractivity contribution < 1.29 is 4.42 Å². The molecule has 0 aliphatic rings. The molecule has 0 aliphatic heterocycles. The summed E-state index contributed by atoms with van der Waals surface area (Å²) in [6.07, 6.45) is 8.37. The topological polar surface area (TPSA) is 28.4 Å². The lowest BCUT2D eigenvalue weighted by molar-refractivity contribution is 0.243. The normalized spacial score (nSPS) is 14.8. The summed E-state index contributed by atoms with van der Waals surface area (Å²) >= 11 is 0. The van der Waals surface area contributed by atoms with Crippen LogP contribution in [0.4, 0.5) is 0 Å². The number of nitrogens with zero attached hydrogens (tertiary/aromatic N) is 1.